The molecule has 1 unspecified atom stereocenters. The first-order chi connectivity index (χ1) is 8.29. The molecule has 4 heteroatoms. The maximum Gasteiger partial charge on any atom is 0.224 e. The molecular formula is C14H27ClN2O. The monoisotopic (exact) mass is 274 g/mol. The smallest absolute Gasteiger partial charge is 0.224 e. The van der Waals surface area contributed by atoms with E-state index in [-0.39, 0.29) is 24.2 Å². The molecule has 0 aromatic rings. The number of rotatable bonds is 4. The molecule has 3 nitrogen and oxygen atoms in total. The van der Waals surface area contributed by atoms with Gasteiger partial charge in [-0.1, -0.05) is 26.2 Å². The normalized spacial score (nSPS) is 31.7. The molecule has 1 heterocycles. The van der Waals surface area contributed by atoms with Crippen LogP contribution in [0.1, 0.15) is 45.4 Å². The van der Waals surface area contributed by atoms with Crippen molar-refractivity contribution >= 4 is 18.3 Å². The number of hydrogen-bond donors (Lipinski definition) is 2. The summed E-state index contributed by atoms with van der Waals surface area (Å²) < 4.78 is 0. The van der Waals surface area contributed by atoms with Crippen molar-refractivity contribution in [3.8, 4) is 0 Å². The zero-order valence-electron chi connectivity index (χ0n) is 11.4. The van der Waals surface area contributed by atoms with Crippen LogP contribution < -0.4 is 10.6 Å². The second kappa shape index (κ2) is 8.00. The Balaban J connectivity index is 0.00000162. The Morgan fingerprint density at radius 2 is 1.83 bits per heavy atom. The van der Waals surface area contributed by atoms with Crippen LogP contribution in [-0.4, -0.2) is 25.5 Å². The summed E-state index contributed by atoms with van der Waals surface area (Å²) in [7, 11) is 0. The van der Waals surface area contributed by atoms with Crippen molar-refractivity contribution in [2.75, 3.05) is 19.6 Å². The van der Waals surface area contributed by atoms with E-state index in [1.165, 1.54) is 32.1 Å². The number of amides is 1. The molecule has 18 heavy (non-hydrogen) atoms. The molecule has 0 bridgehead atoms. The Hall–Kier alpha value is -0.280. The molecule has 0 aromatic carbocycles. The van der Waals surface area contributed by atoms with Gasteiger partial charge in [0.25, 0.3) is 0 Å². The molecule has 2 N–H and O–H groups in total. The zero-order chi connectivity index (χ0) is 12.1. The van der Waals surface area contributed by atoms with Gasteiger partial charge in [0, 0.05) is 13.1 Å². The predicted octanol–water partition coefficient (Wildman–Crippen LogP) is 2.35. The topological polar surface area (TPSA) is 41.1 Å². The third-order valence-corrected chi connectivity index (χ3v) is 4.54. The van der Waals surface area contributed by atoms with Crippen molar-refractivity contribution in [1.82, 2.24) is 10.6 Å². The Morgan fingerprint density at radius 3 is 2.39 bits per heavy atom. The predicted molar refractivity (Wildman–Crippen MR) is 77.0 cm³/mol. The van der Waals surface area contributed by atoms with E-state index in [0.717, 1.165) is 37.9 Å². The largest absolute Gasteiger partial charge is 0.356 e. The highest BCUT2D eigenvalue weighted by Crippen LogP contribution is 2.30. The van der Waals surface area contributed by atoms with E-state index in [2.05, 4.69) is 17.6 Å². The molecule has 2 fully saturated rings. The summed E-state index contributed by atoms with van der Waals surface area (Å²) in [6, 6.07) is 0. The number of hydrogen-bond acceptors (Lipinski definition) is 2. The van der Waals surface area contributed by atoms with Crippen LogP contribution in [0, 0.1) is 17.8 Å². The van der Waals surface area contributed by atoms with Crippen molar-refractivity contribution in [2.45, 2.75) is 45.4 Å². The van der Waals surface area contributed by atoms with Crippen LogP contribution in [-0.2, 0) is 4.79 Å². The van der Waals surface area contributed by atoms with Crippen LogP contribution in [0.4, 0.5) is 0 Å². The van der Waals surface area contributed by atoms with E-state index < -0.39 is 0 Å². The SMILES string of the molecule is CCC1CCC(CNC(=O)C2CCNC2)CC1.Cl. The van der Waals surface area contributed by atoms with Crippen molar-refractivity contribution < 1.29 is 4.79 Å². The molecule has 106 valence electrons. The van der Waals surface area contributed by atoms with E-state index in [1.807, 2.05) is 0 Å². The summed E-state index contributed by atoms with van der Waals surface area (Å²) in [6.07, 6.45) is 7.68. The van der Waals surface area contributed by atoms with Gasteiger partial charge in [-0.25, -0.2) is 0 Å². The van der Waals surface area contributed by atoms with E-state index in [4.69, 9.17) is 0 Å². The quantitative estimate of drug-likeness (QED) is 0.826. The second-order valence-corrected chi connectivity index (χ2v) is 5.73. The molecule has 1 atom stereocenters. The van der Waals surface area contributed by atoms with Crippen molar-refractivity contribution in [2.24, 2.45) is 17.8 Å². The maximum absolute atomic E-state index is 11.9. The lowest BCUT2D eigenvalue weighted by atomic mass is 9.81. The van der Waals surface area contributed by atoms with Gasteiger partial charge in [-0.3, -0.25) is 4.79 Å². The van der Waals surface area contributed by atoms with Gasteiger partial charge >= 0.3 is 0 Å². The fourth-order valence-electron chi connectivity index (χ4n) is 3.11. The number of nitrogens with one attached hydrogen (secondary N) is 2. The fraction of sp³-hybridized carbons (Fsp3) is 0.929. The molecule has 2 aliphatic rings. The Kier molecular flexibility index (Phi) is 7.02. The molecule has 1 aliphatic heterocycles. The molecule has 1 aliphatic carbocycles. The van der Waals surface area contributed by atoms with E-state index in [9.17, 15) is 4.79 Å². The first-order valence-electron chi connectivity index (χ1n) is 7.28. The van der Waals surface area contributed by atoms with Crippen molar-refractivity contribution in [1.29, 1.82) is 0 Å². The molecule has 0 radical (unpaired) electrons. The highest BCUT2D eigenvalue weighted by Gasteiger charge is 2.24. The van der Waals surface area contributed by atoms with Gasteiger partial charge in [0.15, 0.2) is 0 Å². The van der Waals surface area contributed by atoms with E-state index in [1.54, 1.807) is 0 Å². The minimum atomic E-state index is 0. The highest BCUT2D eigenvalue weighted by molar-refractivity contribution is 5.85. The standard InChI is InChI=1S/C14H26N2O.ClH/c1-2-11-3-5-12(6-4-11)9-16-14(17)13-7-8-15-10-13;/h11-13,15H,2-10H2,1H3,(H,16,17);1H. The molecule has 0 aromatic heterocycles. The van der Waals surface area contributed by atoms with Crippen molar-refractivity contribution in [3.63, 3.8) is 0 Å². The van der Waals surface area contributed by atoms with Crippen LogP contribution in [0.2, 0.25) is 0 Å². The zero-order valence-corrected chi connectivity index (χ0v) is 12.2. The van der Waals surface area contributed by atoms with Gasteiger partial charge in [-0.2, -0.15) is 0 Å². The Morgan fingerprint density at radius 1 is 1.17 bits per heavy atom. The average molecular weight is 275 g/mol. The third-order valence-electron chi connectivity index (χ3n) is 4.54. The van der Waals surface area contributed by atoms with Gasteiger partial charge in [0.1, 0.15) is 0 Å². The Bertz CT molecular complexity index is 246. The van der Waals surface area contributed by atoms with Crippen LogP contribution in [0.25, 0.3) is 0 Å². The molecule has 1 saturated heterocycles. The lowest BCUT2D eigenvalue weighted by Crippen LogP contribution is -2.36. The van der Waals surface area contributed by atoms with Gasteiger partial charge in [-0.05, 0) is 37.6 Å². The summed E-state index contributed by atoms with van der Waals surface area (Å²) >= 11 is 0. The van der Waals surface area contributed by atoms with Crippen LogP contribution in [0.5, 0.6) is 0 Å². The lowest BCUT2D eigenvalue weighted by molar-refractivity contribution is -0.124. The number of halogens is 1. The summed E-state index contributed by atoms with van der Waals surface area (Å²) in [5.41, 5.74) is 0. The molecule has 1 saturated carbocycles. The van der Waals surface area contributed by atoms with Gasteiger partial charge in [0.05, 0.1) is 5.92 Å². The first kappa shape index (κ1) is 15.8. The number of carbonyl (C=O) groups is 1. The minimum Gasteiger partial charge on any atom is -0.356 e. The van der Waals surface area contributed by atoms with E-state index in [0.29, 0.717) is 0 Å². The molecule has 1 amide bonds. The summed E-state index contributed by atoms with van der Waals surface area (Å²) in [5, 5.41) is 6.39. The molecule has 0 spiro atoms. The fourth-order valence-corrected chi connectivity index (χ4v) is 3.11. The van der Waals surface area contributed by atoms with Gasteiger partial charge in [-0.15, -0.1) is 12.4 Å². The van der Waals surface area contributed by atoms with Crippen LogP contribution in [0.15, 0.2) is 0 Å². The Labute approximate surface area is 117 Å². The average Bonchev–Trinajstić information content (AvgIpc) is 2.90. The molecule has 2 rings (SSSR count). The third kappa shape index (κ3) is 4.43. The minimum absolute atomic E-state index is 0. The van der Waals surface area contributed by atoms with Crippen LogP contribution in [0.3, 0.4) is 0 Å². The lowest BCUT2D eigenvalue weighted by Gasteiger charge is -2.28. The first-order valence-corrected chi connectivity index (χ1v) is 7.28. The summed E-state index contributed by atoms with van der Waals surface area (Å²) in [4.78, 5) is 11.9. The van der Waals surface area contributed by atoms with Crippen LogP contribution >= 0.6 is 12.4 Å². The van der Waals surface area contributed by atoms with Gasteiger partial charge < -0.3 is 10.6 Å². The summed E-state index contributed by atoms with van der Waals surface area (Å²) in [5.74, 6) is 2.17. The maximum atomic E-state index is 11.9. The summed E-state index contributed by atoms with van der Waals surface area (Å²) in [6.45, 7) is 5.07. The molecular weight excluding hydrogens is 248 g/mol. The second-order valence-electron chi connectivity index (χ2n) is 5.73. The number of carbonyl (C=O) groups excluding carboxylic acids is 1. The van der Waals surface area contributed by atoms with Gasteiger partial charge in [0.2, 0.25) is 5.91 Å². The highest BCUT2D eigenvalue weighted by atomic mass is 35.5. The van der Waals surface area contributed by atoms with E-state index >= 15 is 0 Å². The van der Waals surface area contributed by atoms with Crippen molar-refractivity contribution in [3.05, 3.63) is 0 Å².